The van der Waals surface area contributed by atoms with E-state index in [0.717, 1.165) is 30.1 Å². The minimum Gasteiger partial charge on any atom is -0.441 e. The Labute approximate surface area is 117 Å². The van der Waals surface area contributed by atoms with Crippen LogP contribution in [-0.2, 0) is 6.42 Å². The minimum absolute atomic E-state index is 0.631. The van der Waals surface area contributed by atoms with Gasteiger partial charge in [0.2, 0.25) is 0 Å². The monoisotopic (exact) mass is 271 g/mol. The molecule has 0 bridgehead atoms. The summed E-state index contributed by atoms with van der Waals surface area (Å²) in [4.78, 5) is 4.31. The number of oxazole rings is 1. The fraction of sp³-hybridized carbons (Fsp3) is 0.188. The number of benzene rings is 2. The lowest BCUT2D eigenvalue weighted by Crippen LogP contribution is -1.84. The van der Waals surface area contributed by atoms with Crippen LogP contribution in [0.15, 0.2) is 53.1 Å². The van der Waals surface area contributed by atoms with Gasteiger partial charge in [0.15, 0.2) is 11.7 Å². The Morgan fingerprint density at radius 3 is 2.79 bits per heavy atom. The number of nitrogens with zero attached hydrogens (tertiary/aromatic N) is 1. The number of hydrogen-bond acceptors (Lipinski definition) is 2. The molecule has 3 rings (SSSR count). The first-order chi connectivity index (χ1) is 9.38. The lowest BCUT2D eigenvalue weighted by atomic mass is 10.0. The van der Waals surface area contributed by atoms with Gasteiger partial charge in [0.1, 0.15) is 0 Å². The van der Waals surface area contributed by atoms with Gasteiger partial charge in [-0.05, 0) is 17.2 Å². The minimum atomic E-state index is 0.631. The fourth-order valence-electron chi connectivity index (χ4n) is 2.21. The van der Waals surface area contributed by atoms with E-state index in [-0.39, 0.29) is 0 Å². The highest BCUT2D eigenvalue weighted by Gasteiger charge is 2.09. The van der Waals surface area contributed by atoms with Gasteiger partial charge in [0.25, 0.3) is 0 Å². The molecule has 0 aliphatic rings. The molecule has 0 unspecified atom stereocenters. The molecule has 1 heterocycles. The van der Waals surface area contributed by atoms with E-state index in [1.54, 1.807) is 6.20 Å². The van der Waals surface area contributed by atoms with E-state index in [0.29, 0.717) is 5.88 Å². The zero-order chi connectivity index (χ0) is 13.1. The molecule has 96 valence electrons. The SMILES string of the molecule is ClCCCc1ncc(-c2cccc3ccccc23)o1. The summed E-state index contributed by atoms with van der Waals surface area (Å²) in [6, 6.07) is 14.5. The molecule has 0 aliphatic heterocycles. The third-order valence-corrected chi connectivity index (χ3v) is 3.40. The summed E-state index contributed by atoms with van der Waals surface area (Å²) in [6.07, 6.45) is 3.47. The first-order valence-corrected chi connectivity index (χ1v) is 6.91. The maximum absolute atomic E-state index is 5.81. The Bertz CT molecular complexity index is 685. The van der Waals surface area contributed by atoms with Crippen LogP contribution in [0.5, 0.6) is 0 Å². The predicted molar refractivity (Wildman–Crippen MR) is 78.5 cm³/mol. The van der Waals surface area contributed by atoms with Crippen LogP contribution in [0.2, 0.25) is 0 Å². The van der Waals surface area contributed by atoms with E-state index >= 15 is 0 Å². The van der Waals surface area contributed by atoms with Crippen molar-refractivity contribution in [1.29, 1.82) is 0 Å². The highest BCUT2D eigenvalue weighted by atomic mass is 35.5. The first-order valence-electron chi connectivity index (χ1n) is 6.37. The largest absolute Gasteiger partial charge is 0.441 e. The van der Waals surface area contributed by atoms with E-state index in [2.05, 4.69) is 29.2 Å². The van der Waals surface area contributed by atoms with Crippen LogP contribution in [-0.4, -0.2) is 10.9 Å². The van der Waals surface area contributed by atoms with E-state index in [9.17, 15) is 0 Å². The zero-order valence-corrected chi connectivity index (χ0v) is 11.2. The van der Waals surface area contributed by atoms with Gasteiger partial charge in [0.05, 0.1) is 6.20 Å². The smallest absolute Gasteiger partial charge is 0.194 e. The van der Waals surface area contributed by atoms with E-state index in [1.807, 2.05) is 18.2 Å². The summed E-state index contributed by atoms with van der Waals surface area (Å²) in [5, 5.41) is 2.39. The molecule has 3 aromatic rings. The second-order valence-corrected chi connectivity index (χ2v) is 4.82. The maximum Gasteiger partial charge on any atom is 0.194 e. The second-order valence-electron chi connectivity index (χ2n) is 4.44. The lowest BCUT2D eigenvalue weighted by Gasteiger charge is -2.02. The van der Waals surface area contributed by atoms with Crippen LogP contribution >= 0.6 is 11.6 Å². The summed E-state index contributed by atoms with van der Waals surface area (Å²) in [7, 11) is 0. The Morgan fingerprint density at radius 1 is 1.05 bits per heavy atom. The molecule has 2 nitrogen and oxygen atoms in total. The summed E-state index contributed by atoms with van der Waals surface area (Å²) in [5.74, 6) is 2.20. The highest BCUT2D eigenvalue weighted by molar-refractivity contribution is 6.17. The molecule has 2 aromatic carbocycles. The van der Waals surface area contributed by atoms with Crippen LogP contribution in [0.3, 0.4) is 0 Å². The van der Waals surface area contributed by atoms with E-state index < -0.39 is 0 Å². The van der Waals surface area contributed by atoms with E-state index in [4.69, 9.17) is 16.0 Å². The number of hydrogen-bond donors (Lipinski definition) is 0. The lowest BCUT2D eigenvalue weighted by molar-refractivity contribution is 0.504. The van der Waals surface area contributed by atoms with Crippen LogP contribution < -0.4 is 0 Å². The Kier molecular flexibility index (Phi) is 3.51. The van der Waals surface area contributed by atoms with Gasteiger partial charge >= 0.3 is 0 Å². The van der Waals surface area contributed by atoms with Crippen molar-refractivity contribution >= 4 is 22.4 Å². The molecule has 0 saturated heterocycles. The van der Waals surface area contributed by atoms with Crippen molar-refractivity contribution in [3.8, 4) is 11.3 Å². The van der Waals surface area contributed by atoms with Gasteiger partial charge < -0.3 is 4.42 Å². The summed E-state index contributed by atoms with van der Waals surface area (Å²) < 4.78 is 5.81. The summed E-state index contributed by atoms with van der Waals surface area (Å²) in [5.41, 5.74) is 1.09. The Hall–Kier alpha value is -1.80. The van der Waals surface area contributed by atoms with Gasteiger partial charge in [-0.1, -0.05) is 42.5 Å². The number of alkyl halides is 1. The quantitative estimate of drug-likeness (QED) is 0.645. The zero-order valence-electron chi connectivity index (χ0n) is 10.5. The van der Waals surface area contributed by atoms with Gasteiger partial charge in [-0.2, -0.15) is 0 Å². The fourth-order valence-corrected chi connectivity index (χ4v) is 2.34. The molecule has 0 N–H and O–H groups in total. The molecule has 0 spiro atoms. The third kappa shape index (κ3) is 2.49. The number of halogens is 1. The van der Waals surface area contributed by atoms with Crippen molar-refractivity contribution in [2.75, 3.05) is 5.88 Å². The van der Waals surface area contributed by atoms with Crippen molar-refractivity contribution in [1.82, 2.24) is 4.98 Å². The topological polar surface area (TPSA) is 26.0 Å². The normalized spacial score (nSPS) is 11.0. The summed E-state index contributed by atoms with van der Waals surface area (Å²) >= 11 is 5.68. The van der Waals surface area contributed by atoms with Crippen molar-refractivity contribution < 1.29 is 4.42 Å². The molecular formula is C16H14ClNO. The molecule has 3 heteroatoms. The third-order valence-electron chi connectivity index (χ3n) is 3.13. The van der Waals surface area contributed by atoms with Crippen molar-refractivity contribution in [2.24, 2.45) is 0 Å². The van der Waals surface area contributed by atoms with Crippen molar-refractivity contribution in [3.63, 3.8) is 0 Å². The number of aryl methyl sites for hydroxylation is 1. The molecule has 1 aromatic heterocycles. The van der Waals surface area contributed by atoms with Crippen molar-refractivity contribution in [2.45, 2.75) is 12.8 Å². The van der Waals surface area contributed by atoms with Gasteiger partial charge in [0, 0.05) is 17.9 Å². The van der Waals surface area contributed by atoms with Crippen LogP contribution in [0, 0.1) is 0 Å². The Balaban J connectivity index is 2.02. The molecular weight excluding hydrogens is 258 g/mol. The molecule has 0 amide bonds. The van der Waals surface area contributed by atoms with Crippen LogP contribution in [0.1, 0.15) is 12.3 Å². The predicted octanol–water partition coefficient (Wildman–Crippen LogP) is 4.67. The molecule has 19 heavy (non-hydrogen) atoms. The molecule has 0 atom stereocenters. The molecule has 0 aliphatic carbocycles. The average molecular weight is 272 g/mol. The van der Waals surface area contributed by atoms with Crippen LogP contribution in [0.4, 0.5) is 0 Å². The van der Waals surface area contributed by atoms with Crippen LogP contribution in [0.25, 0.3) is 22.1 Å². The standard InChI is InChI=1S/C16H14ClNO/c17-10-4-9-16-18-11-15(19-16)14-8-3-6-12-5-1-2-7-13(12)14/h1-3,5-8,11H,4,9-10H2. The average Bonchev–Trinajstić information content (AvgIpc) is 2.93. The maximum atomic E-state index is 5.81. The Morgan fingerprint density at radius 2 is 1.89 bits per heavy atom. The number of rotatable bonds is 4. The number of fused-ring (bicyclic) bond motifs is 1. The highest BCUT2D eigenvalue weighted by Crippen LogP contribution is 2.29. The van der Waals surface area contributed by atoms with Crippen molar-refractivity contribution in [3.05, 3.63) is 54.6 Å². The summed E-state index contributed by atoms with van der Waals surface area (Å²) in [6.45, 7) is 0. The molecule has 0 saturated carbocycles. The second kappa shape index (κ2) is 5.45. The van der Waals surface area contributed by atoms with E-state index in [1.165, 1.54) is 10.8 Å². The molecule has 0 radical (unpaired) electrons. The van der Waals surface area contributed by atoms with Gasteiger partial charge in [-0.3, -0.25) is 0 Å². The number of aromatic nitrogens is 1. The van der Waals surface area contributed by atoms with Gasteiger partial charge in [-0.25, -0.2) is 4.98 Å². The first kappa shape index (κ1) is 12.2. The van der Waals surface area contributed by atoms with Gasteiger partial charge in [-0.15, -0.1) is 11.6 Å². The molecule has 0 fully saturated rings.